The second-order valence-corrected chi connectivity index (χ2v) is 4.51. The van der Waals surface area contributed by atoms with Gasteiger partial charge >= 0.3 is 0 Å². The van der Waals surface area contributed by atoms with Crippen LogP contribution in [-0.2, 0) is 13.5 Å². The van der Waals surface area contributed by atoms with Crippen LogP contribution in [0.2, 0.25) is 0 Å². The lowest BCUT2D eigenvalue weighted by Crippen LogP contribution is -1.94. The summed E-state index contributed by atoms with van der Waals surface area (Å²) in [5.41, 5.74) is 4.31. The van der Waals surface area contributed by atoms with Crippen LogP contribution in [0, 0.1) is 0 Å². The van der Waals surface area contributed by atoms with Gasteiger partial charge in [0.05, 0.1) is 5.52 Å². The Hall–Kier alpha value is -1.24. The molecule has 1 heterocycles. The average Bonchev–Trinajstić information content (AvgIpc) is 2.60. The van der Waals surface area contributed by atoms with Crippen LogP contribution < -0.4 is 0 Å². The predicted molar refractivity (Wildman–Crippen MR) is 66.4 cm³/mol. The number of benzene rings is 1. The molecule has 0 unspecified atom stereocenters. The normalized spacial score (nSPS) is 11.5. The van der Waals surface area contributed by atoms with Crippen molar-refractivity contribution < 1.29 is 0 Å². The van der Waals surface area contributed by atoms with E-state index in [2.05, 4.69) is 56.8 Å². The zero-order valence-electron chi connectivity index (χ0n) is 10.0. The molecule has 0 saturated heterocycles. The molecule has 0 aliphatic heterocycles. The molecule has 1 aromatic heterocycles. The largest absolute Gasteiger partial charge is 0.350 e. The molecule has 0 fully saturated rings. The van der Waals surface area contributed by atoms with Crippen LogP contribution in [0.5, 0.6) is 0 Å². The first kappa shape index (κ1) is 10.3. The lowest BCUT2D eigenvalue weighted by Gasteiger charge is -2.11. The summed E-state index contributed by atoms with van der Waals surface area (Å²) >= 11 is 0. The highest BCUT2D eigenvalue weighted by atomic mass is 14.9. The Morgan fingerprint density at radius 2 is 1.93 bits per heavy atom. The molecular weight excluding hydrogens is 182 g/mol. The van der Waals surface area contributed by atoms with Crippen molar-refractivity contribution in [3.05, 3.63) is 35.5 Å². The van der Waals surface area contributed by atoms with Gasteiger partial charge in [0.1, 0.15) is 0 Å². The van der Waals surface area contributed by atoms with Crippen LogP contribution >= 0.6 is 0 Å². The van der Waals surface area contributed by atoms with Crippen LogP contribution in [-0.4, -0.2) is 4.57 Å². The summed E-state index contributed by atoms with van der Waals surface area (Å²) in [5.74, 6) is 0.598. The van der Waals surface area contributed by atoms with Crippen molar-refractivity contribution in [1.29, 1.82) is 0 Å². The van der Waals surface area contributed by atoms with Gasteiger partial charge in [-0.1, -0.05) is 32.9 Å². The van der Waals surface area contributed by atoms with Crippen molar-refractivity contribution in [2.75, 3.05) is 0 Å². The van der Waals surface area contributed by atoms with Crippen LogP contribution in [0.3, 0.4) is 0 Å². The van der Waals surface area contributed by atoms with Gasteiger partial charge in [0.2, 0.25) is 0 Å². The summed E-state index contributed by atoms with van der Waals surface area (Å²) in [5, 5.41) is 1.42. The molecule has 0 N–H and O–H groups in total. The van der Waals surface area contributed by atoms with E-state index in [0.717, 1.165) is 6.42 Å². The first-order valence-corrected chi connectivity index (χ1v) is 5.72. The monoisotopic (exact) mass is 201 g/mol. The predicted octanol–water partition coefficient (Wildman–Crippen LogP) is 3.86. The van der Waals surface area contributed by atoms with Gasteiger partial charge < -0.3 is 4.57 Å². The third kappa shape index (κ3) is 1.56. The van der Waals surface area contributed by atoms with E-state index in [4.69, 9.17) is 0 Å². The molecule has 15 heavy (non-hydrogen) atoms. The van der Waals surface area contributed by atoms with E-state index < -0.39 is 0 Å². The quantitative estimate of drug-likeness (QED) is 0.695. The molecule has 1 heteroatoms. The van der Waals surface area contributed by atoms with Crippen molar-refractivity contribution in [2.24, 2.45) is 7.05 Å². The number of rotatable bonds is 2. The molecule has 2 aromatic rings. The Bertz CT molecular complexity index is 477. The number of hydrogen-bond acceptors (Lipinski definition) is 0. The fourth-order valence-electron chi connectivity index (χ4n) is 2.31. The van der Waals surface area contributed by atoms with E-state index in [1.807, 2.05) is 0 Å². The van der Waals surface area contributed by atoms with E-state index >= 15 is 0 Å². The number of aromatic nitrogens is 1. The standard InChI is InChI=1S/C14H19N/c1-5-11-6-7-12(10(2)3)13-8-9-15(4)14(11)13/h6-10H,5H2,1-4H3. The summed E-state index contributed by atoms with van der Waals surface area (Å²) in [4.78, 5) is 0. The Morgan fingerprint density at radius 3 is 2.53 bits per heavy atom. The maximum absolute atomic E-state index is 2.28. The average molecular weight is 201 g/mol. The second-order valence-electron chi connectivity index (χ2n) is 4.51. The molecular formula is C14H19N. The molecule has 0 spiro atoms. The van der Waals surface area contributed by atoms with Crippen molar-refractivity contribution in [2.45, 2.75) is 33.1 Å². The molecule has 80 valence electrons. The first-order valence-electron chi connectivity index (χ1n) is 5.72. The zero-order chi connectivity index (χ0) is 11.0. The molecule has 0 saturated carbocycles. The molecule has 0 aliphatic rings. The molecule has 0 amide bonds. The maximum atomic E-state index is 2.28. The van der Waals surface area contributed by atoms with Gasteiger partial charge in [-0.2, -0.15) is 0 Å². The molecule has 0 atom stereocenters. The van der Waals surface area contributed by atoms with Crippen LogP contribution in [0.4, 0.5) is 0 Å². The van der Waals surface area contributed by atoms with Gasteiger partial charge in [0.15, 0.2) is 0 Å². The summed E-state index contributed by atoms with van der Waals surface area (Å²) in [6, 6.07) is 6.80. The molecule has 0 bridgehead atoms. The lowest BCUT2D eigenvalue weighted by molar-refractivity contribution is 0.874. The van der Waals surface area contributed by atoms with E-state index in [1.54, 1.807) is 0 Å². The molecule has 2 rings (SSSR count). The van der Waals surface area contributed by atoms with E-state index in [0.29, 0.717) is 5.92 Å². The smallest absolute Gasteiger partial charge is 0.0512 e. The molecule has 1 nitrogen and oxygen atoms in total. The zero-order valence-corrected chi connectivity index (χ0v) is 10.0. The Balaban J connectivity index is 2.79. The highest BCUT2D eigenvalue weighted by Crippen LogP contribution is 2.28. The van der Waals surface area contributed by atoms with Gasteiger partial charge in [-0.15, -0.1) is 0 Å². The van der Waals surface area contributed by atoms with Gasteiger partial charge in [-0.3, -0.25) is 0 Å². The highest BCUT2D eigenvalue weighted by molar-refractivity contribution is 5.87. The first-order chi connectivity index (χ1) is 7.15. The van der Waals surface area contributed by atoms with Crippen molar-refractivity contribution in [3.63, 3.8) is 0 Å². The number of hydrogen-bond donors (Lipinski definition) is 0. The Kier molecular flexibility index (Phi) is 2.56. The summed E-state index contributed by atoms with van der Waals surface area (Å²) in [6.07, 6.45) is 3.27. The van der Waals surface area contributed by atoms with Crippen LogP contribution in [0.1, 0.15) is 37.8 Å². The fourth-order valence-corrected chi connectivity index (χ4v) is 2.31. The summed E-state index contributed by atoms with van der Waals surface area (Å²) in [7, 11) is 2.13. The lowest BCUT2D eigenvalue weighted by atomic mass is 9.96. The fraction of sp³-hybridized carbons (Fsp3) is 0.429. The SMILES string of the molecule is CCc1ccc(C(C)C)c2ccn(C)c12. The van der Waals surface area contributed by atoms with E-state index in [1.165, 1.54) is 22.0 Å². The third-order valence-corrected chi connectivity index (χ3v) is 3.15. The van der Waals surface area contributed by atoms with Gasteiger partial charge in [0, 0.05) is 18.6 Å². The minimum atomic E-state index is 0.598. The van der Waals surface area contributed by atoms with Crippen molar-refractivity contribution in [1.82, 2.24) is 4.57 Å². The van der Waals surface area contributed by atoms with Gasteiger partial charge in [-0.25, -0.2) is 0 Å². The van der Waals surface area contributed by atoms with Crippen molar-refractivity contribution in [3.8, 4) is 0 Å². The Labute approximate surface area is 91.7 Å². The van der Waals surface area contributed by atoms with Gasteiger partial charge in [-0.05, 0) is 29.5 Å². The van der Waals surface area contributed by atoms with Gasteiger partial charge in [0.25, 0.3) is 0 Å². The van der Waals surface area contributed by atoms with Crippen molar-refractivity contribution >= 4 is 10.9 Å². The molecule has 0 aliphatic carbocycles. The maximum Gasteiger partial charge on any atom is 0.0512 e. The number of aryl methyl sites for hydroxylation is 2. The minimum absolute atomic E-state index is 0.598. The Morgan fingerprint density at radius 1 is 1.20 bits per heavy atom. The second kappa shape index (κ2) is 3.73. The minimum Gasteiger partial charge on any atom is -0.350 e. The van der Waals surface area contributed by atoms with E-state index in [9.17, 15) is 0 Å². The van der Waals surface area contributed by atoms with Crippen LogP contribution in [0.15, 0.2) is 24.4 Å². The summed E-state index contributed by atoms with van der Waals surface area (Å²) < 4.78 is 2.24. The molecule has 1 aromatic carbocycles. The topological polar surface area (TPSA) is 4.93 Å². The molecule has 0 radical (unpaired) electrons. The number of nitrogens with zero attached hydrogens (tertiary/aromatic N) is 1. The van der Waals surface area contributed by atoms with Crippen LogP contribution in [0.25, 0.3) is 10.9 Å². The number of fused-ring (bicyclic) bond motifs is 1. The van der Waals surface area contributed by atoms with E-state index in [-0.39, 0.29) is 0 Å². The summed E-state index contributed by atoms with van der Waals surface area (Å²) in [6.45, 7) is 6.73. The highest BCUT2D eigenvalue weighted by Gasteiger charge is 2.10. The third-order valence-electron chi connectivity index (χ3n) is 3.15.